The molecule has 0 bridgehead atoms. The van der Waals surface area contributed by atoms with Gasteiger partial charge in [-0.15, -0.1) is 11.8 Å². The second-order valence-corrected chi connectivity index (χ2v) is 8.34. The summed E-state index contributed by atoms with van der Waals surface area (Å²) in [6, 6.07) is 16.7. The van der Waals surface area contributed by atoms with Gasteiger partial charge >= 0.3 is 0 Å². The normalized spacial score (nSPS) is 12.2. The predicted molar refractivity (Wildman–Crippen MR) is 106 cm³/mol. The zero-order chi connectivity index (χ0) is 16.8. The van der Waals surface area contributed by atoms with Crippen LogP contribution in [0, 0.1) is 0 Å². The smallest absolute Gasteiger partial charge is 0.0946 e. The third-order valence-electron chi connectivity index (χ3n) is 3.76. The molecule has 0 radical (unpaired) electrons. The summed E-state index contributed by atoms with van der Waals surface area (Å²) in [5.74, 6) is 0. The lowest BCUT2D eigenvalue weighted by molar-refractivity contribution is 0.624. The Bertz CT molecular complexity index is 742. The molecule has 5 heteroatoms. The molecule has 3 rings (SSSR count). The lowest BCUT2D eigenvalue weighted by Gasteiger charge is -2.17. The Morgan fingerprint density at radius 3 is 2.50 bits per heavy atom. The Balaban J connectivity index is 1.66. The van der Waals surface area contributed by atoms with Gasteiger partial charge in [0.25, 0.3) is 0 Å². The summed E-state index contributed by atoms with van der Waals surface area (Å²) >= 11 is 11.4. The number of hydrogen-bond donors (Lipinski definition) is 0. The van der Waals surface area contributed by atoms with Crippen LogP contribution >= 0.6 is 39.3 Å². The molecular weight excluding hydrogens is 404 g/mol. The van der Waals surface area contributed by atoms with E-state index in [1.165, 1.54) is 10.5 Å². The molecule has 0 saturated heterocycles. The van der Waals surface area contributed by atoms with Crippen LogP contribution in [0.4, 0.5) is 0 Å². The minimum atomic E-state index is 0.476. The van der Waals surface area contributed by atoms with Crippen molar-refractivity contribution in [2.45, 2.75) is 29.5 Å². The van der Waals surface area contributed by atoms with Crippen LogP contribution < -0.4 is 0 Å². The fourth-order valence-corrected chi connectivity index (χ4v) is 4.05. The maximum absolute atomic E-state index is 5.99. The molecule has 0 amide bonds. The van der Waals surface area contributed by atoms with E-state index in [9.17, 15) is 0 Å². The molecule has 124 valence electrons. The maximum Gasteiger partial charge on any atom is 0.0946 e. The van der Waals surface area contributed by atoms with E-state index in [0.29, 0.717) is 5.25 Å². The van der Waals surface area contributed by atoms with Crippen molar-refractivity contribution in [3.63, 3.8) is 0 Å². The Morgan fingerprint density at radius 2 is 1.83 bits per heavy atom. The Hall–Kier alpha value is -1.23. The summed E-state index contributed by atoms with van der Waals surface area (Å²) in [6.07, 6.45) is 7.91. The lowest BCUT2D eigenvalue weighted by Crippen LogP contribution is -2.13. The first-order valence-electron chi connectivity index (χ1n) is 7.81. The van der Waals surface area contributed by atoms with Crippen LogP contribution in [0.5, 0.6) is 0 Å². The second-order valence-electron chi connectivity index (χ2n) is 5.62. The number of halogens is 2. The van der Waals surface area contributed by atoms with Gasteiger partial charge in [-0.3, -0.25) is 0 Å². The number of nitrogens with zero attached hydrogens (tertiary/aromatic N) is 2. The summed E-state index contributed by atoms with van der Waals surface area (Å²) < 4.78 is 3.27. The van der Waals surface area contributed by atoms with E-state index in [1.54, 1.807) is 0 Å². The molecule has 1 atom stereocenters. The highest BCUT2D eigenvalue weighted by Gasteiger charge is 2.12. The number of aromatic nitrogens is 2. The van der Waals surface area contributed by atoms with Gasteiger partial charge in [0, 0.05) is 38.6 Å². The third kappa shape index (κ3) is 5.40. The molecule has 0 spiro atoms. The van der Waals surface area contributed by atoms with Gasteiger partial charge < -0.3 is 4.57 Å². The molecule has 2 aromatic carbocycles. The van der Waals surface area contributed by atoms with Gasteiger partial charge in [0.1, 0.15) is 0 Å². The van der Waals surface area contributed by atoms with E-state index in [1.807, 2.05) is 42.6 Å². The fraction of sp³-hybridized carbons (Fsp3) is 0.211. The van der Waals surface area contributed by atoms with Crippen molar-refractivity contribution in [1.82, 2.24) is 9.55 Å². The summed E-state index contributed by atoms with van der Waals surface area (Å²) in [5, 5.41) is 1.25. The van der Waals surface area contributed by atoms with Crippen molar-refractivity contribution >= 4 is 39.3 Å². The fourth-order valence-electron chi connectivity index (χ4n) is 2.50. The molecular formula is C19H18BrClN2S. The highest BCUT2D eigenvalue weighted by atomic mass is 79.9. The molecule has 0 aliphatic rings. The summed E-state index contributed by atoms with van der Waals surface area (Å²) in [7, 11) is 0. The first-order valence-corrected chi connectivity index (χ1v) is 9.86. The largest absolute Gasteiger partial charge is 0.336 e. The van der Waals surface area contributed by atoms with E-state index in [2.05, 4.69) is 61.9 Å². The van der Waals surface area contributed by atoms with Crippen LogP contribution in [0.2, 0.25) is 5.02 Å². The standard InChI is InChI=1S/C19H18BrClN2S/c20-16-4-1-15(2-5-16)3-8-19(13-23-12-11-22-14-23)24-18-9-6-17(21)7-10-18/h1-2,4-7,9-12,14,19H,3,8,13H2. The van der Waals surface area contributed by atoms with E-state index in [0.717, 1.165) is 28.9 Å². The van der Waals surface area contributed by atoms with E-state index >= 15 is 0 Å². The summed E-state index contributed by atoms with van der Waals surface area (Å²) in [4.78, 5) is 5.40. The van der Waals surface area contributed by atoms with Crippen molar-refractivity contribution in [3.05, 3.63) is 82.3 Å². The van der Waals surface area contributed by atoms with Crippen LogP contribution in [-0.2, 0) is 13.0 Å². The van der Waals surface area contributed by atoms with E-state index < -0.39 is 0 Å². The number of rotatable bonds is 7. The van der Waals surface area contributed by atoms with Gasteiger partial charge in [-0.1, -0.05) is 39.7 Å². The van der Waals surface area contributed by atoms with Crippen LogP contribution in [0.3, 0.4) is 0 Å². The second kappa shape index (κ2) is 8.75. The van der Waals surface area contributed by atoms with Crippen LogP contribution in [0.1, 0.15) is 12.0 Å². The maximum atomic E-state index is 5.99. The number of thioether (sulfide) groups is 1. The highest BCUT2D eigenvalue weighted by molar-refractivity contribution is 9.10. The molecule has 0 N–H and O–H groups in total. The topological polar surface area (TPSA) is 17.8 Å². The average Bonchev–Trinajstić information content (AvgIpc) is 3.09. The molecule has 1 aromatic heterocycles. The minimum absolute atomic E-state index is 0.476. The minimum Gasteiger partial charge on any atom is -0.336 e. The Labute approximate surface area is 160 Å². The van der Waals surface area contributed by atoms with Crippen LogP contribution in [-0.4, -0.2) is 14.8 Å². The van der Waals surface area contributed by atoms with Gasteiger partial charge in [-0.05, 0) is 54.8 Å². The van der Waals surface area contributed by atoms with Crippen molar-refractivity contribution < 1.29 is 0 Å². The molecule has 0 aliphatic carbocycles. The Morgan fingerprint density at radius 1 is 1.08 bits per heavy atom. The molecule has 1 unspecified atom stereocenters. The van der Waals surface area contributed by atoms with Gasteiger partial charge in [0.05, 0.1) is 6.33 Å². The average molecular weight is 422 g/mol. The highest BCUT2D eigenvalue weighted by Crippen LogP contribution is 2.29. The molecule has 0 fully saturated rings. The van der Waals surface area contributed by atoms with Crippen molar-refractivity contribution in [1.29, 1.82) is 0 Å². The van der Waals surface area contributed by atoms with Gasteiger partial charge in [0.2, 0.25) is 0 Å². The first kappa shape index (κ1) is 17.6. The van der Waals surface area contributed by atoms with Crippen LogP contribution in [0.15, 0.2) is 76.6 Å². The van der Waals surface area contributed by atoms with Crippen LogP contribution in [0.25, 0.3) is 0 Å². The molecule has 0 aliphatic heterocycles. The first-order chi connectivity index (χ1) is 11.7. The number of imidazole rings is 1. The summed E-state index contributed by atoms with van der Waals surface area (Å²) in [5.41, 5.74) is 1.37. The predicted octanol–water partition coefficient (Wildman–Crippen LogP) is 6.09. The van der Waals surface area contributed by atoms with Crippen molar-refractivity contribution in [2.24, 2.45) is 0 Å². The summed E-state index contributed by atoms with van der Waals surface area (Å²) in [6.45, 7) is 0.948. The van der Waals surface area contributed by atoms with Gasteiger partial charge in [0.15, 0.2) is 0 Å². The molecule has 0 saturated carbocycles. The molecule has 2 nitrogen and oxygen atoms in total. The van der Waals surface area contributed by atoms with Gasteiger partial charge in [-0.2, -0.15) is 0 Å². The molecule has 3 aromatic rings. The third-order valence-corrected chi connectivity index (χ3v) is 5.80. The Kier molecular flexibility index (Phi) is 6.41. The molecule has 24 heavy (non-hydrogen) atoms. The monoisotopic (exact) mass is 420 g/mol. The number of benzene rings is 2. The molecule has 1 heterocycles. The zero-order valence-electron chi connectivity index (χ0n) is 13.1. The van der Waals surface area contributed by atoms with E-state index in [4.69, 9.17) is 11.6 Å². The number of hydrogen-bond acceptors (Lipinski definition) is 2. The SMILES string of the molecule is Clc1ccc(SC(CCc2ccc(Br)cc2)Cn2ccnc2)cc1. The lowest BCUT2D eigenvalue weighted by atomic mass is 10.1. The quantitative estimate of drug-likeness (QED) is 0.429. The van der Waals surface area contributed by atoms with Crippen molar-refractivity contribution in [3.8, 4) is 0 Å². The van der Waals surface area contributed by atoms with Gasteiger partial charge in [-0.25, -0.2) is 4.98 Å². The zero-order valence-corrected chi connectivity index (χ0v) is 16.3. The van der Waals surface area contributed by atoms with Crippen molar-refractivity contribution in [2.75, 3.05) is 0 Å². The number of aryl methyl sites for hydroxylation is 1. The van der Waals surface area contributed by atoms with E-state index in [-0.39, 0.29) is 0 Å².